The van der Waals surface area contributed by atoms with Gasteiger partial charge < -0.3 is 11.1 Å². The van der Waals surface area contributed by atoms with Crippen molar-refractivity contribution in [2.75, 3.05) is 11.1 Å². The SMILES string of the molecule is CCCn1nc(C)c(N)c1NC1CCCCC1CC. The van der Waals surface area contributed by atoms with Crippen molar-refractivity contribution in [3.05, 3.63) is 5.69 Å². The summed E-state index contributed by atoms with van der Waals surface area (Å²) in [6.45, 7) is 7.39. The van der Waals surface area contributed by atoms with Crippen LogP contribution in [0, 0.1) is 12.8 Å². The maximum atomic E-state index is 6.19. The van der Waals surface area contributed by atoms with Crippen molar-refractivity contribution >= 4 is 11.5 Å². The molecule has 0 radical (unpaired) electrons. The number of aryl methyl sites for hydroxylation is 2. The van der Waals surface area contributed by atoms with E-state index in [-0.39, 0.29) is 0 Å². The molecule has 1 aromatic heterocycles. The van der Waals surface area contributed by atoms with Gasteiger partial charge in [0.2, 0.25) is 0 Å². The first-order chi connectivity index (χ1) is 9.17. The molecule has 0 aromatic carbocycles. The third-order valence-electron chi connectivity index (χ3n) is 4.36. The molecule has 1 heterocycles. The molecule has 2 atom stereocenters. The van der Waals surface area contributed by atoms with Crippen LogP contribution in [0.15, 0.2) is 0 Å². The Morgan fingerprint density at radius 1 is 1.32 bits per heavy atom. The van der Waals surface area contributed by atoms with E-state index in [1.54, 1.807) is 0 Å². The molecule has 108 valence electrons. The number of nitrogens with one attached hydrogen (secondary N) is 1. The van der Waals surface area contributed by atoms with Gasteiger partial charge in [-0.3, -0.25) is 0 Å². The Kier molecular flexibility index (Phi) is 4.72. The first-order valence-electron chi connectivity index (χ1n) is 7.76. The molecular weight excluding hydrogens is 236 g/mol. The second kappa shape index (κ2) is 6.31. The molecule has 3 N–H and O–H groups in total. The summed E-state index contributed by atoms with van der Waals surface area (Å²) < 4.78 is 2.05. The van der Waals surface area contributed by atoms with Gasteiger partial charge in [0.25, 0.3) is 0 Å². The van der Waals surface area contributed by atoms with Crippen molar-refractivity contribution in [3.8, 4) is 0 Å². The van der Waals surface area contributed by atoms with E-state index >= 15 is 0 Å². The first kappa shape index (κ1) is 14.2. The highest BCUT2D eigenvalue weighted by Crippen LogP contribution is 2.32. The molecule has 1 aliphatic rings. The molecular formula is C15H28N4. The summed E-state index contributed by atoms with van der Waals surface area (Å²) in [5.74, 6) is 1.82. The van der Waals surface area contributed by atoms with E-state index in [0.29, 0.717) is 6.04 Å². The average Bonchev–Trinajstić information content (AvgIpc) is 2.68. The Morgan fingerprint density at radius 3 is 2.74 bits per heavy atom. The van der Waals surface area contributed by atoms with Crippen molar-refractivity contribution in [2.24, 2.45) is 5.92 Å². The van der Waals surface area contributed by atoms with Crippen LogP contribution in [0.5, 0.6) is 0 Å². The highest BCUT2D eigenvalue weighted by Gasteiger charge is 2.25. The van der Waals surface area contributed by atoms with Gasteiger partial charge in [0.1, 0.15) is 5.82 Å². The van der Waals surface area contributed by atoms with Crippen LogP contribution in [0.4, 0.5) is 11.5 Å². The molecule has 0 saturated heterocycles. The van der Waals surface area contributed by atoms with Gasteiger partial charge >= 0.3 is 0 Å². The number of nitrogens with two attached hydrogens (primary N) is 1. The van der Waals surface area contributed by atoms with Crippen molar-refractivity contribution in [1.29, 1.82) is 0 Å². The highest BCUT2D eigenvalue weighted by molar-refractivity contribution is 5.65. The van der Waals surface area contributed by atoms with Gasteiger partial charge in [-0.2, -0.15) is 5.10 Å². The first-order valence-corrected chi connectivity index (χ1v) is 7.76. The molecule has 4 heteroatoms. The van der Waals surface area contributed by atoms with Gasteiger partial charge in [-0.05, 0) is 32.1 Å². The fourth-order valence-corrected chi connectivity index (χ4v) is 3.18. The maximum absolute atomic E-state index is 6.19. The lowest BCUT2D eigenvalue weighted by molar-refractivity contribution is 0.316. The molecule has 4 nitrogen and oxygen atoms in total. The Hall–Kier alpha value is -1.19. The smallest absolute Gasteiger partial charge is 0.148 e. The Bertz CT molecular complexity index is 411. The predicted octanol–water partition coefficient (Wildman–Crippen LogP) is 3.56. The minimum absolute atomic E-state index is 0.563. The Balaban J connectivity index is 2.16. The average molecular weight is 264 g/mol. The molecule has 0 spiro atoms. The van der Waals surface area contributed by atoms with E-state index in [4.69, 9.17) is 5.73 Å². The van der Waals surface area contributed by atoms with E-state index in [0.717, 1.165) is 36.1 Å². The fraction of sp³-hybridized carbons (Fsp3) is 0.800. The predicted molar refractivity (Wildman–Crippen MR) is 81.3 cm³/mol. The highest BCUT2D eigenvalue weighted by atomic mass is 15.3. The van der Waals surface area contributed by atoms with Crippen LogP contribution in [-0.2, 0) is 6.54 Å². The topological polar surface area (TPSA) is 55.9 Å². The molecule has 19 heavy (non-hydrogen) atoms. The normalized spacial score (nSPS) is 23.5. The summed E-state index contributed by atoms with van der Waals surface area (Å²) in [7, 11) is 0. The monoisotopic (exact) mass is 264 g/mol. The number of nitrogens with zero attached hydrogens (tertiary/aromatic N) is 2. The third kappa shape index (κ3) is 3.04. The lowest BCUT2D eigenvalue weighted by Crippen LogP contribution is -2.33. The number of hydrogen-bond acceptors (Lipinski definition) is 3. The number of rotatable bonds is 5. The molecule has 1 aromatic rings. The van der Waals surface area contributed by atoms with Crippen LogP contribution in [0.1, 0.15) is 58.1 Å². The molecule has 0 aliphatic heterocycles. The van der Waals surface area contributed by atoms with Crippen LogP contribution >= 0.6 is 0 Å². The third-order valence-corrected chi connectivity index (χ3v) is 4.36. The fourth-order valence-electron chi connectivity index (χ4n) is 3.18. The minimum atomic E-state index is 0.563. The van der Waals surface area contributed by atoms with E-state index < -0.39 is 0 Å². The molecule has 2 unspecified atom stereocenters. The van der Waals surface area contributed by atoms with E-state index in [9.17, 15) is 0 Å². The van der Waals surface area contributed by atoms with Gasteiger partial charge in [-0.1, -0.05) is 33.1 Å². The van der Waals surface area contributed by atoms with Crippen LogP contribution in [0.25, 0.3) is 0 Å². The van der Waals surface area contributed by atoms with E-state index in [1.165, 1.54) is 32.1 Å². The second-order valence-electron chi connectivity index (χ2n) is 5.77. The van der Waals surface area contributed by atoms with Gasteiger partial charge in [-0.15, -0.1) is 0 Å². The largest absolute Gasteiger partial charge is 0.394 e. The zero-order valence-corrected chi connectivity index (χ0v) is 12.6. The molecule has 0 bridgehead atoms. The maximum Gasteiger partial charge on any atom is 0.148 e. The Labute approximate surface area is 116 Å². The van der Waals surface area contributed by atoms with Gasteiger partial charge in [0, 0.05) is 12.6 Å². The standard InChI is InChI=1S/C15H28N4/c1-4-10-19-15(14(16)11(3)18-19)17-13-9-7-6-8-12(13)5-2/h12-13,17H,4-10,16H2,1-3H3. The number of anilines is 2. The number of nitrogen functional groups attached to an aromatic ring is 1. The zero-order chi connectivity index (χ0) is 13.8. The van der Waals surface area contributed by atoms with Gasteiger partial charge in [0.05, 0.1) is 11.4 Å². The molecule has 2 rings (SSSR count). The van der Waals surface area contributed by atoms with Crippen LogP contribution in [-0.4, -0.2) is 15.8 Å². The lowest BCUT2D eigenvalue weighted by Gasteiger charge is -2.32. The summed E-state index contributed by atoms with van der Waals surface area (Å²) in [5, 5.41) is 8.25. The van der Waals surface area contributed by atoms with Crippen LogP contribution < -0.4 is 11.1 Å². The van der Waals surface area contributed by atoms with Crippen molar-refractivity contribution in [1.82, 2.24) is 9.78 Å². The van der Waals surface area contributed by atoms with Crippen LogP contribution in [0.2, 0.25) is 0 Å². The molecule has 1 aliphatic carbocycles. The van der Waals surface area contributed by atoms with Crippen molar-refractivity contribution in [2.45, 2.75) is 71.9 Å². The zero-order valence-electron chi connectivity index (χ0n) is 12.6. The summed E-state index contributed by atoms with van der Waals surface area (Å²) in [6, 6.07) is 0.563. The van der Waals surface area contributed by atoms with Gasteiger partial charge in [-0.25, -0.2) is 4.68 Å². The number of aromatic nitrogens is 2. The van der Waals surface area contributed by atoms with E-state index in [2.05, 4.69) is 24.3 Å². The second-order valence-corrected chi connectivity index (χ2v) is 5.77. The van der Waals surface area contributed by atoms with Crippen molar-refractivity contribution in [3.63, 3.8) is 0 Å². The Morgan fingerprint density at radius 2 is 2.05 bits per heavy atom. The van der Waals surface area contributed by atoms with Crippen LogP contribution in [0.3, 0.4) is 0 Å². The number of hydrogen-bond donors (Lipinski definition) is 2. The molecule has 1 saturated carbocycles. The quantitative estimate of drug-likeness (QED) is 0.855. The van der Waals surface area contributed by atoms with Gasteiger partial charge in [0.15, 0.2) is 0 Å². The lowest BCUT2D eigenvalue weighted by atomic mass is 9.83. The molecule has 0 amide bonds. The summed E-state index contributed by atoms with van der Waals surface area (Å²) >= 11 is 0. The minimum Gasteiger partial charge on any atom is -0.394 e. The summed E-state index contributed by atoms with van der Waals surface area (Å²) in [5.41, 5.74) is 7.96. The van der Waals surface area contributed by atoms with Crippen molar-refractivity contribution < 1.29 is 0 Å². The summed E-state index contributed by atoms with van der Waals surface area (Å²) in [4.78, 5) is 0. The summed E-state index contributed by atoms with van der Waals surface area (Å²) in [6.07, 6.45) is 7.63. The van der Waals surface area contributed by atoms with E-state index in [1.807, 2.05) is 11.6 Å². The molecule has 1 fully saturated rings.